The third-order valence-electron chi connectivity index (χ3n) is 2.72. The van der Waals surface area contributed by atoms with Gasteiger partial charge in [0, 0.05) is 12.1 Å². The highest BCUT2D eigenvalue weighted by Crippen LogP contribution is 2.33. The van der Waals surface area contributed by atoms with Crippen molar-refractivity contribution in [2.45, 2.75) is 32.4 Å². The number of benzene rings is 1. The molecule has 1 unspecified atom stereocenters. The van der Waals surface area contributed by atoms with E-state index in [1.165, 1.54) is 6.07 Å². The minimum absolute atomic E-state index is 0.129. The van der Waals surface area contributed by atoms with E-state index in [4.69, 9.17) is 0 Å². The van der Waals surface area contributed by atoms with Crippen LogP contribution in [0.15, 0.2) is 18.2 Å². The smallest absolute Gasteiger partial charge is 0.271 e. The molecule has 2 N–H and O–H groups in total. The number of hydrogen-bond donors (Lipinski definition) is 2. The van der Waals surface area contributed by atoms with Crippen LogP contribution in [0.2, 0.25) is 0 Å². The Hall–Kier alpha value is -1.78. The second-order valence-corrected chi connectivity index (χ2v) is 3.97. The van der Waals surface area contributed by atoms with E-state index in [0.717, 1.165) is 30.6 Å². The molecule has 0 fully saturated rings. The van der Waals surface area contributed by atoms with Crippen LogP contribution in [0.25, 0.3) is 0 Å². The molecule has 16 heavy (non-hydrogen) atoms. The third-order valence-corrected chi connectivity index (χ3v) is 2.72. The van der Waals surface area contributed by atoms with Crippen molar-refractivity contribution in [3.63, 3.8) is 0 Å². The summed E-state index contributed by atoms with van der Waals surface area (Å²) in [6.07, 6.45) is 3.52. The zero-order valence-corrected chi connectivity index (χ0v) is 9.19. The molecule has 0 spiro atoms. The van der Waals surface area contributed by atoms with Crippen molar-refractivity contribution >= 4 is 17.1 Å². The van der Waals surface area contributed by atoms with Gasteiger partial charge in [0.2, 0.25) is 0 Å². The van der Waals surface area contributed by atoms with Gasteiger partial charge in [-0.1, -0.05) is 13.3 Å². The first kappa shape index (κ1) is 10.7. The highest BCUT2D eigenvalue weighted by Gasteiger charge is 2.20. The van der Waals surface area contributed by atoms with Crippen molar-refractivity contribution in [2.24, 2.45) is 0 Å². The molecular weight excluding hydrogens is 206 g/mol. The summed E-state index contributed by atoms with van der Waals surface area (Å²) >= 11 is 0. The lowest BCUT2D eigenvalue weighted by Crippen LogP contribution is -2.21. The summed E-state index contributed by atoms with van der Waals surface area (Å²) in [5.74, 6) is 0. The minimum atomic E-state index is -0.374. The highest BCUT2D eigenvalue weighted by molar-refractivity contribution is 5.76. The van der Waals surface area contributed by atoms with Crippen LogP contribution in [-0.4, -0.2) is 11.1 Å². The predicted octanol–water partition coefficient (Wildman–Crippen LogP) is 2.95. The molecule has 1 aromatic carbocycles. The number of rotatable bonds is 4. The third kappa shape index (κ3) is 2.08. The average Bonchev–Trinajstić information content (AvgIpc) is 2.67. The van der Waals surface area contributed by atoms with E-state index < -0.39 is 0 Å². The molecule has 0 amide bonds. The van der Waals surface area contributed by atoms with E-state index in [1.54, 1.807) is 12.1 Å². The van der Waals surface area contributed by atoms with Crippen molar-refractivity contribution in [1.29, 1.82) is 0 Å². The van der Waals surface area contributed by atoms with Crippen molar-refractivity contribution in [3.05, 3.63) is 28.3 Å². The molecule has 0 saturated heterocycles. The van der Waals surface area contributed by atoms with E-state index in [1.807, 2.05) is 0 Å². The highest BCUT2D eigenvalue weighted by atomic mass is 16.6. The fourth-order valence-electron chi connectivity index (χ4n) is 1.86. The summed E-state index contributed by atoms with van der Waals surface area (Å²) in [5.41, 5.74) is 1.91. The van der Waals surface area contributed by atoms with E-state index in [2.05, 4.69) is 17.6 Å². The minimum Gasteiger partial charge on any atom is -0.364 e. The van der Waals surface area contributed by atoms with E-state index in [9.17, 15) is 10.1 Å². The Kier molecular flexibility index (Phi) is 2.94. The fraction of sp³-hybridized carbons (Fsp3) is 0.455. The van der Waals surface area contributed by atoms with Gasteiger partial charge in [-0.2, -0.15) is 0 Å². The number of nitro groups is 1. The molecule has 1 atom stereocenters. The Bertz CT molecular complexity index is 406. The molecule has 1 aliphatic rings. The lowest BCUT2D eigenvalue weighted by Gasteiger charge is -2.10. The van der Waals surface area contributed by atoms with Crippen LogP contribution in [0.5, 0.6) is 0 Å². The summed E-state index contributed by atoms with van der Waals surface area (Å²) in [6.45, 7) is 2.15. The van der Waals surface area contributed by atoms with Gasteiger partial charge in [0.25, 0.3) is 5.69 Å². The summed E-state index contributed by atoms with van der Waals surface area (Å²) in [5, 5.41) is 17.2. The lowest BCUT2D eigenvalue weighted by atomic mass is 10.2. The maximum absolute atomic E-state index is 10.6. The number of unbranched alkanes of at least 4 members (excludes halogenated alkanes) is 1. The SMILES string of the molecule is CCCCC1Nc2ccc([N+](=O)[O-])cc2N1. The molecule has 1 aromatic rings. The van der Waals surface area contributed by atoms with Crippen LogP contribution in [0, 0.1) is 10.1 Å². The molecule has 2 rings (SSSR count). The molecule has 0 radical (unpaired) electrons. The Morgan fingerprint density at radius 2 is 2.12 bits per heavy atom. The molecular formula is C11H15N3O2. The zero-order chi connectivity index (χ0) is 11.5. The van der Waals surface area contributed by atoms with E-state index >= 15 is 0 Å². The van der Waals surface area contributed by atoms with Crippen LogP contribution in [-0.2, 0) is 0 Å². The van der Waals surface area contributed by atoms with Crippen molar-refractivity contribution in [3.8, 4) is 0 Å². The molecule has 5 nitrogen and oxygen atoms in total. The maximum atomic E-state index is 10.6. The topological polar surface area (TPSA) is 67.2 Å². The number of nitro benzene ring substituents is 1. The molecule has 86 valence electrons. The fourth-order valence-corrected chi connectivity index (χ4v) is 1.86. The van der Waals surface area contributed by atoms with Crippen molar-refractivity contribution < 1.29 is 4.92 Å². The predicted molar refractivity (Wildman–Crippen MR) is 63.7 cm³/mol. The van der Waals surface area contributed by atoms with Crippen LogP contribution in [0.3, 0.4) is 0 Å². The molecule has 1 heterocycles. The van der Waals surface area contributed by atoms with Crippen LogP contribution in [0.1, 0.15) is 26.2 Å². The first-order chi connectivity index (χ1) is 7.70. The van der Waals surface area contributed by atoms with E-state index in [0.29, 0.717) is 0 Å². The van der Waals surface area contributed by atoms with Crippen LogP contribution in [0.4, 0.5) is 17.1 Å². The van der Waals surface area contributed by atoms with Gasteiger partial charge < -0.3 is 10.6 Å². The van der Waals surface area contributed by atoms with Crippen molar-refractivity contribution in [2.75, 3.05) is 10.6 Å². The standard InChI is InChI=1S/C11H15N3O2/c1-2-3-4-11-12-9-6-5-8(14(15)16)7-10(9)13-11/h5-7,11-13H,2-4H2,1H3. The number of non-ortho nitro benzene ring substituents is 1. The number of nitrogens with one attached hydrogen (secondary N) is 2. The van der Waals surface area contributed by atoms with Gasteiger partial charge in [-0.15, -0.1) is 0 Å². The summed E-state index contributed by atoms with van der Waals surface area (Å²) < 4.78 is 0. The normalized spacial score (nSPS) is 17.4. The molecule has 0 aliphatic carbocycles. The molecule has 0 saturated carbocycles. The maximum Gasteiger partial charge on any atom is 0.271 e. The van der Waals surface area contributed by atoms with Crippen molar-refractivity contribution in [1.82, 2.24) is 0 Å². The first-order valence-corrected chi connectivity index (χ1v) is 5.52. The molecule has 5 heteroatoms. The summed E-state index contributed by atoms with van der Waals surface area (Å²) in [6, 6.07) is 4.86. The number of fused-ring (bicyclic) bond motifs is 1. The number of hydrogen-bond acceptors (Lipinski definition) is 4. The van der Waals surface area contributed by atoms with Crippen LogP contribution >= 0.6 is 0 Å². The van der Waals surface area contributed by atoms with E-state index in [-0.39, 0.29) is 16.8 Å². The zero-order valence-electron chi connectivity index (χ0n) is 9.19. The van der Waals surface area contributed by atoms with Gasteiger partial charge in [0.15, 0.2) is 0 Å². The Morgan fingerprint density at radius 3 is 2.81 bits per heavy atom. The second kappa shape index (κ2) is 4.38. The second-order valence-electron chi connectivity index (χ2n) is 3.97. The van der Waals surface area contributed by atoms with Gasteiger partial charge in [0.1, 0.15) is 0 Å². The monoisotopic (exact) mass is 221 g/mol. The van der Waals surface area contributed by atoms with Gasteiger partial charge in [-0.3, -0.25) is 10.1 Å². The Labute approximate surface area is 94.0 Å². The summed E-state index contributed by atoms with van der Waals surface area (Å²) in [4.78, 5) is 10.2. The quantitative estimate of drug-likeness (QED) is 0.606. The summed E-state index contributed by atoms with van der Waals surface area (Å²) in [7, 11) is 0. The van der Waals surface area contributed by atoms with Gasteiger partial charge in [-0.25, -0.2) is 0 Å². The van der Waals surface area contributed by atoms with Gasteiger partial charge in [0.05, 0.1) is 22.5 Å². The number of anilines is 2. The van der Waals surface area contributed by atoms with Crippen LogP contribution < -0.4 is 10.6 Å². The van der Waals surface area contributed by atoms with Gasteiger partial charge >= 0.3 is 0 Å². The Morgan fingerprint density at radius 1 is 1.38 bits per heavy atom. The number of nitrogens with zero attached hydrogens (tertiary/aromatic N) is 1. The van der Waals surface area contributed by atoms with Gasteiger partial charge in [-0.05, 0) is 18.9 Å². The molecule has 0 bridgehead atoms. The Balaban J connectivity index is 2.09. The largest absolute Gasteiger partial charge is 0.364 e. The molecule has 0 aromatic heterocycles. The molecule has 1 aliphatic heterocycles. The first-order valence-electron chi connectivity index (χ1n) is 5.52. The lowest BCUT2D eigenvalue weighted by molar-refractivity contribution is -0.384. The average molecular weight is 221 g/mol.